The molecule has 4 aliphatic rings. The first kappa shape index (κ1) is 13.6. The van der Waals surface area contributed by atoms with Crippen LogP contribution < -0.4 is 10.6 Å². The lowest BCUT2D eigenvalue weighted by atomic mass is 9.86. The van der Waals surface area contributed by atoms with Crippen LogP contribution in [-0.4, -0.2) is 48.4 Å². The Morgan fingerprint density at radius 1 is 1.19 bits per heavy atom. The van der Waals surface area contributed by atoms with Gasteiger partial charge in [0.15, 0.2) is 0 Å². The van der Waals surface area contributed by atoms with Gasteiger partial charge in [0.05, 0.1) is 12.6 Å². The van der Waals surface area contributed by atoms with Gasteiger partial charge in [-0.1, -0.05) is 12.8 Å². The quantitative estimate of drug-likeness (QED) is 0.745. The molecule has 2 aliphatic heterocycles. The van der Waals surface area contributed by atoms with Crippen LogP contribution in [0.15, 0.2) is 0 Å². The Balaban J connectivity index is 1.49. The van der Waals surface area contributed by atoms with Crippen LogP contribution in [-0.2, 0) is 9.59 Å². The smallest absolute Gasteiger partial charge is 0.239 e. The molecule has 2 heterocycles. The van der Waals surface area contributed by atoms with Crippen molar-refractivity contribution in [3.05, 3.63) is 0 Å². The van der Waals surface area contributed by atoms with Gasteiger partial charge in [0.25, 0.3) is 0 Å². The highest BCUT2D eigenvalue weighted by molar-refractivity contribution is 5.89. The minimum absolute atomic E-state index is 0.0338. The molecule has 4 fully saturated rings. The van der Waals surface area contributed by atoms with Gasteiger partial charge in [-0.15, -0.1) is 0 Å². The summed E-state index contributed by atoms with van der Waals surface area (Å²) >= 11 is 0. The van der Waals surface area contributed by atoms with E-state index in [1.165, 1.54) is 12.8 Å². The van der Waals surface area contributed by atoms with Gasteiger partial charge in [-0.05, 0) is 50.6 Å². The Morgan fingerprint density at radius 2 is 1.95 bits per heavy atom. The third kappa shape index (κ3) is 2.26. The van der Waals surface area contributed by atoms with Crippen molar-refractivity contribution >= 4 is 11.8 Å². The average molecular weight is 291 g/mol. The van der Waals surface area contributed by atoms with E-state index in [9.17, 15) is 9.59 Å². The number of piperazine rings is 1. The summed E-state index contributed by atoms with van der Waals surface area (Å²) in [7, 11) is 0. The Morgan fingerprint density at radius 3 is 2.76 bits per heavy atom. The van der Waals surface area contributed by atoms with Crippen LogP contribution in [0.3, 0.4) is 0 Å². The molecule has 4 rings (SSSR count). The molecule has 0 radical (unpaired) electrons. The zero-order chi connectivity index (χ0) is 14.4. The van der Waals surface area contributed by atoms with Crippen LogP contribution in [0.2, 0.25) is 0 Å². The zero-order valence-corrected chi connectivity index (χ0v) is 12.6. The van der Waals surface area contributed by atoms with E-state index in [1.54, 1.807) is 0 Å². The van der Waals surface area contributed by atoms with Crippen molar-refractivity contribution in [2.24, 2.45) is 11.3 Å². The van der Waals surface area contributed by atoms with Gasteiger partial charge < -0.3 is 15.5 Å². The minimum atomic E-state index is 0.0338. The summed E-state index contributed by atoms with van der Waals surface area (Å²) in [6.45, 7) is 2.36. The molecular weight excluding hydrogens is 266 g/mol. The summed E-state index contributed by atoms with van der Waals surface area (Å²) in [6.07, 6.45) is 7.72. The Bertz CT molecular complexity index is 458. The summed E-state index contributed by atoms with van der Waals surface area (Å²) in [6, 6.07) is 0.454. The van der Waals surface area contributed by atoms with E-state index in [4.69, 9.17) is 0 Å². The topological polar surface area (TPSA) is 61.4 Å². The first-order chi connectivity index (χ1) is 10.2. The molecule has 2 amide bonds. The summed E-state index contributed by atoms with van der Waals surface area (Å²) < 4.78 is 0. The first-order valence-electron chi connectivity index (χ1n) is 8.50. The third-order valence-electron chi connectivity index (χ3n) is 6.16. The number of fused-ring (bicyclic) bond motifs is 1. The number of nitrogens with one attached hydrogen (secondary N) is 2. The van der Waals surface area contributed by atoms with E-state index in [-0.39, 0.29) is 41.8 Å². The number of carbonyl (C=O) groups excluding carboxylic acids is 2. The van der Waals surface area contributed by atoms with E-state index in [2.05, 4.69) is 10.6 Å². The predicted molar refractivity (Wildman–Crippen MR) is 78.5 cm³/mol. The van der Waals surface area contributed by atoms with Crippen LogP contribution in [0.25, 0.3) is 0 Å². The number of carbonyl (C=O) groups is 2. The highest BCUT2D eigenvalue weighted by Crippen LogP contribution is 2.59. The molecule has 5 nitrogen and oxygen atoms in total. The second-order valence-corrected chi connectivity index (χ2v) is 7.36. The number of hydrogen-bond donors (Lipinski definition) is 2. The Hall–Kier alpha value is -1.10. The highest BCUT2D eigenvalue weighted by atomic mass is 16.2. The van der Waals surface area contributed by atoms with Gasteiger partial charge >= 0.3 is 0 Å². The number of piperidine rings is 1. The number of amides is 2. The maximum absolute atomic E-state index is 13.0. The summed E-state index contributed by atoms with van der Waals surface area (Å²) in [4.78, 5) is 26.8. The molecule has 116 valence electrons. The fourth-order valence-electron chi connectivity index (χ4n) is 4.79. The lowest BCUT2D eigenvalue weighted by Gasteiger charge is -2.44. The highest BCUT2D eigenvalue weighted by Gasteiger charge is 2.59. The van der Waals surface area contributed by atoms with Gasteiger partial charge in [0.1, 0.15) is 0 Å². The van der Waals surface area contributed by atoms with Crippen LogP contribution in [0.5, 0.6) is 0 Å². The third-order valence-corrected chi connectivity index (χ3v) is 6.16. The summed E-state index contributed by atoms with van der Waals surface area (Å²) in [5.74, 6) is 0.489. The second-order valence-electron chi connectivity index (χ2n) is 7.36. The van der Waals surface area contributed by atoms with Gasteiger partial charge in [0, 0.05) is 12.0 Å². The molecule has 0 bridgehead atoms. The van der Waals surface area contributed by atoms with Crippen molar-refractivity contribution < 1.29 is 9.59 Å². The van der Waals surface area contributed by atoms with Gasteiger partial charge in [-0.3, -0.25) is 9.59 Å². The number of nitrogens with zero attached hydrogens (tertiary/aromatic N) is 1. The number of hydrogen-bond acceptors (Lipinski definition) is 3. The van der Waals surface area contributed by atoms with Crippen LogP contribution in [0, 0.1) is 11.3 Å². The maximum Gasteiger partial charge on any atom is 0.239 e. The van der Waals surface area contributed by atoms with Crippen molar-refractivity contribution in [2.45, 2.75) is 57.0 Å². The minimum Gasteiger partial charge on any atom is -0.350 e. The van der Waals surface area contributed by atoms with E-state index in [1.807, 2.05) is 4.90 Å². The molecule has 2 aliphatic carbocycles. The van der Waals surface area contributed by atoms with Crippen molar-refractivity contribution in [1.29, 1.82) is 0 Å². The van der Waals surface area contributed by atoms with E-state index >= 15 is 0 Å². The van der Waals surface area contributed by atoms with E-state index in [0.717, 1.165) is 45.2 Å². The van der Waals surface area contributed by atoms with Crippen LogP contribution in [0.1, 0.15) is 44.9 Å². The molecule has 21 heavy (non-hydrogen) atoms. The van der Waals surface area contributed by atoms with Gasteiger partial charge in [-0.2, -0.15) is 0 Å². The van der Waals surface area contributed by atoms with Crippen LogP contribution in [0.4, 0.5) is 0 Å². The molecule has 1 spiro atoms. The van der Waals surface area contributed by atoms with Crippen molar-refractivity contribution in [1.82, 2.24) is 15.5 Å². The SMILES string of the molecule is O=C1CN(C(=O)C2CC23CCNCC3)C2CCCCC2N1. The van der Waals surface area contributed by atoms with Gasteiger partial charge in [0.2, 0.25) is 11.8 Å². The fourth-order valence-corrected chi connectivity index (χ4v) is 4.79. The molecular formula is C16H25N3O2. The summed E-state index contributed by atoms with van der Waals surface area (Å²) in [5.41, 5.74) is 0.264. The van der Waals surface area contributed by atoms with E-state index < -0.39 is 0 Å². The Kier molecular flexibility index (Phi) is 3.21. The second kappa shape index (κ2) is 4.97. The normalized spacial score (nSPS) is 37.8. The summed E-state index contributed by atoms with van der Waals surface area (Å²) in [5, 5.41) is 6.47. The van der Waals surface area contributed by atoms with Crippen molar-refractivity contribution in [3.8, 4) is 0 Å². The first-order valence-corrected chi connectivity index (χ1v) is 8.50. The van der Waals surface area contributed by atoms with Crippen molar-refractivity contribution in [2.75, 3.05) is 19.6 Å². The molecule has 2 saturated heterocycles. The molecule has 0 aromatic heterocycles. The molecule has 3 unspecified atom stereocenters. The fraction of sp³-hybridized carbons (Fsp3) is 0.875. The molecule has 5 heteroatoms. The standard InChI is InChI=1S/C16H25N3O2/c20-14-10-19(13-4-2-1-3-12(13)18-14)15(21)11-9-16(11)5-7-17-8-6-16/h11-13,17H,1-10H2,(H,18,20). The zero-order valence-electron chi connectivity index (χ0n) is 12.6. The predicted octanol–water partition coefficient (Wildman–Crippen LogP) is 0.646. The maximum atomic E-state index is 13.0. The number of rotatable bonds is 1. The molecule has 2 saturated carbocycles. The molecule has 0 aromatic carbocycles. The van der Waals surface area contributed by atoms with Crippen LogP contribution >= 0.6 is 0 Å². The van der Waals surface area contributed by atoms with Crippen molar-refractivity contribution in [3.63, 3.8) is 0 Å². The molecule has 3 atom stereocenters. The monoisotopic (exact) mass is 291 g/mol. The average Bonchev–Trinajstić information content (AvgIpc) is 3.19. The lowest BCUT2D eigenvalue weighted by molar-refractivity contribution is -0.146. The van der Waals surface area contributed by atoms with Gasteiger partial charge in [-0.25, -0.2) is 0 Å². The molecule has 2 N–H and O–H groups in total. The largest absolute Gasteiger partial charge is 0.350 e. The molecule has 0 aromatic rings. The lowest BCUT2D eigenvalue weighted by Crippen LogP contribution is -2.63. The van der Waals surface area contributed by atoms with E-state index in [0.29, 0.717) is 0 Å². The Labute approximate surface area is 125 Å².